The Kier molecular flexibility index (Phi) is 6.09. The van der Waals surface area contributed by atoms with E-state index in [0.29, 0.717) is 12.0 Å². The van der Waals surface area contributed by atoms with E-state index in [9.17, 15) is 21.6 Å². The van der Waals surface area contributed by atoms with Crippen molar-refractivity contribution in [3.63, 3.8) is 0 Å². The average molecular weight is 424 g/mol. The van der Waals surface area contributed by atoms with Gasteiger partial charge in [-0.2, -0.15) is 18.2 Å². The summed E-state index contributed by atoms with van der Waals surface area (Å²) >= 11 is 0. The van der Waals surface area contributed by atoms with Crippen LogP contribution in [0.15, 0.2) is 58.1 Å². The van der Waals surface area contributed by atoms with Crippen LogP contribution in [0.4, 0.5) is 13.2 Å². The second-order valence-corrected chi connectivity index (χ2v) is 7.60. The molecule has 7 nitrogen and oxygen atoms in total. The average Bonchev–Trinajstić information content (AvgIpc) is 3.17. The zero-order valence-corrected chi connectivity index (χ0v) is 15.6. The van der Waals surface area contributed by atoms with Crippen molar-refractivity contribution in [3.8, 4) is 0 Å². The van der Waals surface area contributed by atoms with Gasteiger partial charge in [0.05, 0.1) is 4.90 Å². The number of rotatable bonds is 7. The van der Waals surface area contributed by atoms with Crippen molar-refractivity contribution in [3.05, 3.63) is 71.6 Å². The Balaban J connectivity index is 1.67. The van der Waals surface area contributed by atoms with Gasteiger partial charge < -0.3 is 4.52 Å². The molecule has 0 bridgehead atoms. The summed E-state index contributed by atoms with van der Waals surface area (Å²) < 4.78 is 68.9. The minimum absolute atomic E-state index is 0.0183. The summed E-state index contributed by atoms with van der Waals surface area (Å²) in [7, 11) is -3.76. The van der Waals surface area contributed by atoms with Gasteiger partial charge in [-0.05, 0) is 35.9 Å². The summed E-state index contributed by atoms with van der Waals surface area (Å²) in [4.78, 5) is 7.35. The summed E-state index contributed by atoms with van der Waals surface area (Å²) in [5, 5.41) is 3.21. The zero-order chi connectivity index (χ0) is 20.9. The Morgan fingerprint density at radius 3 is 2.62 bits per heavy atom. The first-order chi connectivity index (χ1) is 13.7. The largest absolute Gasteiger partial charge is 0.471 e. The molecule has 0 aliphatic rings. The molecule has 0 saturated carbocycles. The highest BCUT2D eigenvalue weighted by Crippen LogP contribution is 2.27. The van der Waals surface area contributed by atoms with E-state index in [4.69, 9.17) is 0 Å². The number of hydrogen-bond acceptors (Lipinski definition) is 6. The number of pyridine rings is 1. The third-order valence-corrected chi connectivity index (χ3v) is 5.14. The maximum Gasteiger partial charge on any atom is 0.471 e. The van der Waals surface area contributed by atoms with Gasteiger partial charge in [0.15, 0.2) is 5.82 Å². The Labute approximate surface area is 164 Å². The molecular weight excluding hydrogens is 409 g/mol. The van der Waals surface area contributed by atoms with Gasteiger partial charge in [0.25, 0.3) is 0 Å². The highest BCUT2D eigenvalue weighted by molar-refractivity contribution is 7.89. The maximum absolute atomic E-state index is 12.5. The van der Waals surface area contributed by atoms with E-state index in [2.05, 4.69) is 24.4 Å². The molecule has 0 unspecified atom stereocenters. The Bertz CT molecular complexity index is 1100. The molecule has 0 aliphatic carbocycles. The van der Waals surface area contributed by atoms with E-state index >= 15 is 0 Å². The highest BCUT2D eigenvalue weighted by Gasteiger charge is 2.38. The summed E-state index contributed by atoms with van der Waals surface area (Å²) in [5.74, 6) is -1.73. The molecule has 0 aliphatic heterocycles. The molecule has 29 heavy (non-hydrogen) atoms. The lowest BCUT2D eigenvalue weighted by atomic mass is 10.2. The van der Waals surface area contributed by atoms with Crippen molar-refractivity contribution in [2.75, 3.05) is 6.54 Å². The first kappa shape index (κ1) is 20.7. The number of benzene rings is 1. The van der Waals surface area contributed by atoms with Crippen molar-refractivity contribution < 1.29 is 26.1 Å². The number of halogens is 3. The first-order valence-corrected chi connectivity index (χ1v) is 9.81. The lowest BCUT2D eigenvalue weighted by molar-refractivity contribution is -0.159. The van der Waals surface area contributed by atoms with Crippen molar-refractivity contribution >= 4 is 22.2 Å². The fourth-order valence-electron chi connectivity index (χ4n) is 2.32. The van der Waals surface area contributed by atoms with Crippen LogP contribution in [0.1, 0.15) is 23.0 Å². The molecule has 11 heteroatoms. The fourth-order valence-corrected chi connectivity index (χ4v) is 3.40. The summed E-state index contributed by atoms with van der Waals surface area (Å²) in [6.45, 7) is 0.169. The normalized spacial score (nSPS) is 12.5. The van der Waals surface area contributed by atoms with Gasteiger partial charge in [-0.15, -0.1) is 0 Å². The number of alkyl halides is 3. The van der Waals surface area contributed by atoms with Crippen LogP contribution in [0.2, 0.25) is 0 Å². The molecule has 0 radical (unpaired) electrons. The van der Waals surface area contributed by atoms with Crippen molar-refractivity contribution in [2.45, 2.75) is 17.5 Å². The second kappa shape index (κ2) is 8.53. The smallest absolute Gasteiger partial charge is 0.329 e. The van der Waals surface area contributed by atoms with E-state index in [1.54, 1.807) is 24.4 Å². The maximum atomic E-state index is 12.5. The van der Waals surface area contributed by atoms with Gasteiger partial charge in [-0.3, -0.25) is 4.98 Å². The zero-order valence-electron chi connectivity index (χ0n) is 14.8. The van der Waals surface area contributed by atoms with Gasteiger partial charge in [-0.1, -0.05) is 29.4 Å². The Morgan fingerprint density at radius 2 is 1.93 bits per heavy atom. The number of nitrogens with zero attached hydrogens (tertiary/aromatic N) is 3. The van der Waals surface area contributed by atoms with Gasteiger partial charge in [0.1, 0.15) is 0 Å². The third kappa shape index (κ3) is 5.72. The molecular formula is C18H15F3N4O3S. The van der Waals surface area contributed by atoms with Gasteiger partial charge >= 0.3 is 12.1 Å². The van der Waals surface area contributed by atoms with E-state index in [0.717, 1.165) is 5.69 Å². The van der Waals surface area contributed by atoms with Crippen LogP contribution < -0.4 is 4.72 Å². The van der Waals surface area contributed by atoms with Crippen LogP contribution in [0.5, 0.6) is 0 Å². The predicted octanol–water partition coefficient (Wildman–Crippen LogP) is 3.17. The third-order valence-electron chi connectivity index (χ3n) is 3.68. The van der Waals surface area contributed by atoms with Crippen molar-refractivity contribution in [2.24, 2.45) is 0 Å². The molecule has 3 aromatic rings. The van der Waals surface area contributed by atoms with E-state index in [1.807, 2.05) is 6.07 Å². The van der Waals surface area contributed by atoms with Crippen LogP contribution in [0, 0.1) is 0 Å². The molecule has 1 N–H and O–H groups in total. The second-order valence-electron chi connectivity index (χ2n) is 5.83. The van der Waals surface area contributed by atoms with Crippen LogP contribution in [-0.4, -0.2) is 30.1 Å². The predicted molar refractivity (Wildman–Crippen MR) is 97.8 cm³/mol. The number of sulfonamides is 1. The van der Waals surface area contributed by atoms with Crippen LogP contribution >= 0.6 is 0 Å². The SMILES string of the molecule is O=S(=O)(NCCc1ccccn1)c1cccc(C=Cc2noc(C(F)(F)F)n2)c1. The van der Waals surface area contributed by atoms with Crippen LogP contribution in [0.25, 0.3) is 12.2 Å². The molecule has 1 aromatic carbocycles. The monoisotopic (exact) mass is 424 g/mol. The van der Waals surface area contributed by atoms with Crippen LogP contribution in [-0.2, 0) is 22.6 Å². The van der Waals surface area contributed by atoms with Crippen molar-refractivity contribution in [1.29, 1.82) is 0 Å². The summed E-state index contributed by atoms with van der Waals surface area (Å²) in [6.07, 6.45) is -0.0923. The minimum atomic E-state index is -4.73. The summed E-state index contributed by atoms with van der Waals surface area (Å²) in [6, 6.07) is 11.3. The topological polar surface area (TPSA) is 98.0 Å². The van der Waals surface area contributed by atoms with Gasteiger partial charge in [0, 0.05) is 24.9 Å². The van der Waals surface area contributed by atoms with E-state index in [1.165, 1.54) is 30.4 Å². The van der Waals surface area contributed by atoms with Gasteiger partial charge in [0.2, 0.25) is 10.0 Å². The Morgan fingerprint density at radius 1 is 1.10 bits per heavy atom. The highest BCUT2D eigenvalue weighted by atomic mass is 32.2. The number of hydrogen-bond donors (Lipinski definition) is 1. The Hall–Kier alpha value is -3.05. The van der Waals surface area contributed by atoms with Crippen LogP contribution in [0.3, 0.4) is 0 Å². The number of nitrogens with one attached hydrogen (secondary N) is 1. The molecule has 0 saturated heterocycles. The standard InChI is InChI=1S/C18H15F3N4O3S/c19-18(20,21)17-24-16(25-28-17)8-7-13-4-3-6-15(12-13)29(26,27)23-11-9-14-5-1-2-10-22-14/h1-8,10,12,23H,9,11H2. The molecule has 0 fully saturated rings. The fraction of sp³-hybridized carbons (Fsp3) is 0.167. The lowest BCUT2D eigenvalue weighted by Crippen LogP contribution is -2.26. The molecule has 2 heterocycles. The number of aromatic nitrogens is 3. The van der Waals surface area contributed by atoms with Gasteiger partial charge in [-0.25, -0.2) is 13.1 Å². The molecule has 152 valence electrons. The first-order valence-electron chi connectivity index (χ1n) is 8.33. The minimum Gasteiger partial charge on any atom is -0.329 e. The molecule has 0 amide bonds. The summed E-state index contributed by atoms with van der Waals surface area (Å²) in [5.41, 5.74) is 1.20. The van der Waals surface area contributed by atoms with E-state index < -0.39 is 22.1 Å². The molecule has 0 atom stereocenters. The molecule has 2 aromatic heterocycles. The molecule has 3 rings (SSSR count). The molecule has 0 spiro atoms. The van der Waals surface area contributed by atoms with E-state index in [-0.39, 0.29) is 17.3 Å². The quantitative estimate of drug-likeness (QED) is 0.626. The lowest BCUT2D eigenvalue weighted by Gasteiger charge is -2.07. The van der Waals surface area contributed by atoms with Crippen molar-refractivity contribution in [1.82, 2.24) is 19.8 Å².